The minimum atomic E-state index is -1.27. The summed E-state index contributed by atoms with van der Waals surface area (Å²) < 4.78 is 5.56. The molecule has 1 heterocycles. The fourth-order valence-corrected chi connectivity index (χ4v) is 2.10. The van der Waals surface area contributed by atoms with Gasteiger partial charge in [-0.1, -0.05) is 6.92 Å². The van der Waals surface area contributed by atoms with E-state index >= 15 is 0 Å². The Kier molecular flexibility index (Phi) is 6.06. The van der Waals surface area contributed by atoms with Crippen molar-refractivity contribution in [3.05, 3.63) is 41.7 Å². The Morgan fingerprint density at radius 2 is 2.04 bits per heavy atom. The SMILES string of the molecule is CC[C@@H](NC(=O)O)C(=O)Nc1cnc(Oc2ccc(C#N)cc2C)nc1. The Labute approximate surface area is 149 Å². The molecule has 0 radical (unpaired) electrons. The fraction of sp³-hybridized carbons (Fsp3) is 0.235. The van der Waals surface area contributed by atoms with Crippen LogP contribution in [-0.2, 0) is 4.79 Å². The van der Waals surface area contributed by atoms with Gasteiger partial charge in [0.1, 0.15) is 11.8 Å². The van der Waals surface area contributed by atoms with E-state index in [1.807, 2.05) is 6.07 Å². The Bertz CT molecular complexity index is 845. The number of carbonyl (C=O) groups is 2. The van der Waals surface area contributed by atoms with Crippen LogP contribution in [0.5, 0.6) is 11.8 Å². The molecule has 26 heavy (non-hydrogen) atoms. The molecule has 1 atom stereocenters. The monoisotopic (exact) mass is 355 g/mol. The number of amides is 2. The van der Waals surface area contributed by atoms with E-state index in [-0.39, 0.29) is 6.01 Å². The average Bonchev–Trinajstić information content (AvgIpc) is 2.62. The lowest BCUT2D eigenvalue weighted by Crippen LogP contribution is -2.42. The summed E-state index contributed by atoms with van der Waals surface area (Å²) in [6.45, 7) is 3.48. The first-order valence-electron chi connectivity index (χ1n) is 7.74. The van der Waals surface area contributed by atoms with Crippen LogP contribution in [0.4, 0.5) is 10.5 Å². The van der Waals surface area contributed by atoms with Gasteiger partial charge in [0.2, 0.25) is 5.91 Å². The number of hydrogen-bond donors (Lipinski definition) is 3. The van der Waals surface area contributed by atoms with Gasteiger partial charge in [0.25, 0.3) is 0 Å². The summed E-state index contributed by atoms with van der Waals surface area (Å²) in [7, 11) is 0. The van der Waals surface area contributed by atoms with Crippen molar-refractivity contribution >= 4 is 17.7 Å². The zero-order valence-electron chi connectivity index (χ0n) is 14.2. The molecule has 0 aliphatic heterocycles. The lowest BCUT2D eigenvalue weighted by atomic mass is 10.1. The van der Waals surface area contributed by atoms with Gasteiger partial charge in [0.05, 0.1) is 29.7 Å². The third kappa shape index (κ3) is 4.91. The summed E-state index contributed by atoms with van der Waals surface area (Å²) in [5.74, 6) is 0.00703. The molecule has 0 saturated heterocycles. The van der Waals surface area contributed by atoms with Crippen molar-refractivity contribution in [2.45, 2.75) is 26.3 Å². The molecule has 134 valence electrons. The fourth-order valence-electron chi connectivity index (χ4n) is 2.10. The number of carbonyl (C=O) groups excluding carboxylic acids is 1. The number of nitrogens with one attached hydrogen (secondary N) is 2. The number of hydrogen-bond acceptors (Lipinski definition) is 6. The lowest BCUT2D eigenvalue weighted by Gasteiger charge is -2.14. The number of rotatable bonds is 6. The second kappa shape index (κ2) is 8.43. The van der Waals surface area contributed by atoms with Crippen LogP contribution < -0.4 is 15.4 Å². The maximum atomic E-state index is 12.0. The Morgan fingerprint density at radius 1 is 1.35 bits per heavy atom. The molecular weight excluding hydrogens is 338 g/mol. The summed E-state index contributed by atoms with van der Waals surface area (Å²) in [5, 5.41) is 22.2. The maximum Gasteiger partial charge on any atom is 0.405 e. The highest BCUT2D eigenvalue weighted by molar-refractivity contribution is 5.96. The minimum absolute atomic E-state index is 0.0755. The first-order chi connectivity index (χ1) is 12.4. The highest BCUT2D eigenvalue weighted by Crippen LogP contribution is 2.23. The molecule has 2 amide bonds. The Hall–Kier alpha value is -3.67. The van der Waals surface area contributed by atoms with Gasteiger partial charge >= 0.3 is 12.1 Å². The quantitative estimate of drug-likeness (QED) is 0.723. The molecule has 1 aromatic carbocycles. The third-order valence-electron chi connectivity index (χ3n) is 3.42. The number of aromatic nitrogens is 2. The van der Waals surface area contributed by atoms with E-state index in [2.05, 4.69) is 20.6 Å². The number of nitriles is 1. The average molecular weight is 355 g/mol. The van der Waals surface area contributed by atoms with Crippen molar-refractivity contribution in [3.63, 3.8) is 0 Å². The second-order valence-electron chi connectivity index (χ2n) is 5.35. The second-order valence-corrected chi connectivity index (χ2v) is 5.35. The summed E-state index contributed by atoms with van der Waals surface area (Å²) >= 11 is 0. The predicted molar refractivity (Wildman–Crippen MR) is 91.9 cm³/mol. The summed E-state index contributed by atoms with van der Waals surface area (Å²) in [6.07, 6.45) is 1.74. The van der Waals surface area contributed by atoms with E-state index in [0.29, 0.717) is 23.4 Å². The Balaban J connectivity index is 2.03. The molecule has 2 rings (SSSR count). The molecule has 1 aromatic heterocycles. The van der Waals surface area contributed by atoms with Crippen molar-refractivity contribution in [2.75, 3.05) is 5.32 Å². The van der Waals surface area contributed by atoms with Crippen LogP contribution in [0.1, 0.15) is 24.5 Å². The van der Waals surface area contributed by atoms with Crippen LogP contribution >= 0.6 is 0 Å². The maximum absolute atomic E-state index is 12.0. The number of ether oxygens (including phenoxy) is 1. The molecule has 0 aliphatic rings. The number of carboxylic acid groups (broad SMARTS) is 1. The number of aryl methyl sites for hydroxylation is 1. The zero-order chi connectivity index (χ0) is 19.1. The van der Waals surface area contributed by atoms with Crippen molar-refractivity contribution in [2.24, 2.45) is 0 Å². The molecule has 0 saturated carbocycles. The minimum Gasteiger partial charge on any atom is -0.465 e. The molecule has 0 bridgehead atoms. The molecule has 9 nitrogen and oxygen atoms in total. The lowest BCUT2D eigenvalue weighted by molar-refractivity contribution is -0.118. The van der Waals surface area contributed by atoms with Gasteiger partial charge in [0, 0.05) is 0 Å². The summed E-state index contributed by atoms with van der Waals surface area (Å²) in [6, 6.07) is 6.20. The van der Waals surface area contributed by atoms with Gasteiger partial charge < -0.3 is 20.5 Å². The molecule has 2 aromatic rings. The van der Waals surface area contributed by atoms with Gasteiger partial charge in [-0.2, -0.15) is 5.26 Å². The van der Waals surface area contributed by atoms with Gasteiger partial charge in [-0.05, 0) is 37.1 Å². The highest BCUT2D eigenvalue weighted by Gasteiger charge is 2.18. The molecule has 3 N–H and O–H groups in total. The van der Waals surface area contributed by atoms with Crippen LogP contribution in [-0.4, -0.2) is 33.1 Å². The van der Waals surface area contributed by atoms with Crippen molar-refractivity contribution in [1.29, 1.82) is 5.26 Å². The van der Waals surface area contributed by atoms with E-state index in [9.17, 15) is 9.59 Å². The van der Waals surface area contributed by atoms with Crippen molar-refractivity contribution in [3.8, 4) is 17.8 Å². The topological polar surface area (TPSA) is 137 Å². The summed E-state index contributed by atoms with van der Waals surface area (Å²) in [5.41, 5.74) is 1.59. The van der Waals surface area contributed by atoms with Gasteiger partial charge in [-0.15, -0.1) is 0 Å². The van der Waals surface area contributed by atoms with Gasteiger partial charge in [0.15, 0.2) is 0 Å². The normalized spacial score (nSPS) is 11.1. The largest absolute Gasteiger partial charge is 0.465 e. The van der Waals surface area contributed by atoms with Crippen LogP contribution in [0.2, 0.25) is 0 Å². The standard InChI is InChI=1S/C17H17N5O4/c1-3-13(22-17(24)25)15(23)21-12-8-19-16(20-9-12)26-14-5-4-11(7-18)6-10(14)2/h4-6,8-9,13,22H,3H2,1-2H3,(H,21,23)(H,24,25)/t13-/m1/s1. The number of anilines is 1. The molecule has 0 aliphatic carbocycles. The first-order valence-corrected chi connectivity index (χ1v) is 7.74. The van der Waals surface area contributed by atoms with Crippen LogP contribution in [0.15, 0.2) is 30.6 Å². The summed E-state index contributed by atoms with van der Waals surface area (Å²) in [4.78, 5) is 30.7. The molecule has 0 fully saturated rings. The van der Waals surface area contributed by atoms with E-state index in [0.717, 1.165) is 5.56 Å². The predicted octanol–water partition coefficient (Wildman–Crippen LogP) is 2.43. The molecule has 0 spiro atoms. The Morgan fingerprint density at radius 3 is 2.58 bits per heavy atom. The highest BCUT2D eigenvalue weighted by atomic mass is 16.5. The third-order valence-corrected chi connectivity index (χ3v) is 3.42. The molecule has 0 unspecified atom stereocenters. The smallest absolute Gasteiger partial charge is 0.405 e. The van der Waals surface area contributed by atoms with E-state index in [1.165, 1.54) is 12.4 Å². The first kappa shape index (κ1) is 18.7. The number of benzene rings is 1. The molecular formula is C17H17N5O4. The van der Waals surface area contributed by atoms with Crippen LogP contribution in [0.3, 0.4) is 0 Å². The van der Waals surface area contributed by atoms with Gasteiger partial charge in [-0.3, -0.25) is 4.79 Å². The van der Waals surface area contributed by atoms with E-state index in [1.54, 1.807) is 32.0 Å². The van der Waals surface area contributed by atoms with E-state index < -0.39 is 18.0 Å². The van der Waals surface area contributed by atoms with Crippen LogP contribution in [0.25, 0.3) is 0 Å². The van der Waals surface area contributed by atoms with Crippen molar-refractivity contribution in [1.82, 2.24) is 15.3 Å². The number of nitrogens with zero attached hydrogens (tertiary/aromatic N) is 3. The molecule has 9 heteroatoms. The van der Waals surface area contributed by atoms with Gasteiger partial charge in [-0.25, -0.2) is 14.8 Å². The van der Waals surface area contributed by atoms with Crippen molar-refractivity contribution < 1.29 is 19.4 Å². The van der Waals surface area contributed by atoms with E-state index in [4.69, 9.17) is 15.1 Å². The van der Waals surface area contributed by atoms with Crippen LogP contribution in [0, 0.1) is 18.3 Å². The zero-order valence-corrected chi connectivity index (χ0v) is 14.2.